The molecule has 2 heterocycles. The van der Waals surface area contributed by atoms with Gasteiger partial charge >= 0.3 is 0 Å². The molecule has 1 saturated heterocycles. The molecule has 0 bridgehead atoms. The summed E-state index contributed by atoms with van der Waals surface area (Å²) in [6.45, 7) is 0. The van der Waals surface area contributed by atoms with E-state index in [-0.39, 0.29) is 28.3 Å². The molecule has 2 aromatic rings. The Bertz CT molecular complexity index is 856. The molecule has 1 unspecified atom stereocenters. The van der Waals surface area contributed by atoms with E-state index in [4.69, 9.17) is 0 Å². The molecule has 1 aromatic carbocycles. The second-order valence-corrected chi connectivity index (χ2v) is 8.52. The lowest BCUT2D eigenvalue weighted by Crippen LogP contribution is -2.35. The van der Waals surface area contributed by atoms with Crippen LogP contribution in [0.5, 0.6) is 0 Å². The van der Waals surface area contributed by atoms with Crippen LogP contribution in [0.15, 0.2) is 27.7 Å². The first-order valence-electron chi connectivity index (χ1n) is 5.81. The Morgan fingerprint density at radius 2 is 2.10 bits per heavy atom. The molecule has 1 aliphatic rings. The first-order valence-corrected chi connectivity index (χ1v) is 9.12. The molecule has 1 N–H and O–H groups in total. The number of sulfone groups is 1. The van der Waals surface area contributed by atoms with Gasteiger partial charge in [-0.1, -0.05) is 6.07 Å². The third kappa shape index (κ3) is 2.41. The number of hydrogen-bond acceptors (Lipinski definition) is 7. The standard InChI is InChI=1S/C10H11N3O5S2/c14-19(15)5-4-7(6-19)13-20(16,17)9-3-1-2-8-10(9)12-18-11-8/h1-3,7,13H,4-6H2. The monoisotopic (exact) mass is 317 g/mol. The third-order valence-electron chi connectivity index (χ3n) is 3.09. The van der Waals surface area contributed by atoms with Crippen LogP contribution in [0.25, 0.3) is 11.0 Å². The first kappa shape index (κ1) is 13.5. The number of aromatic nitrogens is 2. The maximum atomic E-state index is 12.3. The summed E-state index contributed by atoms with van der Waals surface area (Å²) >= 11 is 0. The highest BCUT2D eigenvalue weighted by atomic mass is 32.2. The van der Waals surface area contributed by atoms with Crippen molar-refractivity contribution >= 4 is 30.9 Å². The highest BCUT2D eigenvalue weighted by Gasteiger charge is 2.32. The smallest absolute Gasteiger partial charge is 0.243 e. The van der Waals surface area contributed by atoms with Gasteiger partial charge in [-0.15, -0.1) is 0 Å². The number of benzene rings is 1. The van der Waals surface area contributed by atoms with Crippen LogP contribution in [0.4, 0.5) is 0 Å². The quantitative estimate of drug-likeness (QED) is 0.824. The van der Waals surface area contributed by atoms with E-state index in [0.29, 0.717) is 5.52 Å². The van der Waals surface area contributed by atoms with E-state index in [1.165, 1.54) is 12.1 Å². The molecule has 1 fully saturated rings. The molecule has 1 aliphatic heterocycles. The maximum Gasteiger partial charge on any atom is 0.243 e. The lowest BCUT2D eigenvalue weighted by Gasteiger charge is -2.11. The molecule has 0 amide bonds. The predicted molar refractivity (Wildman–Crippen MR) is 69.2 cm³/mol. The van der Waals surface area contributed by atoms with E-state index in [9.17, 15) is 16.8 Å². The Kier molecular flexibility index (Phi) is 3.03. The van der Waals surface area contributed by atoms with Crippen molar-refractivity contribution in [3.63, 3.8) is 0 Å². The zero-order valence-electron chi connectivity index (χ0n) is 10.2. The van der Waals surface area contributed by atoms with E-state index in [2.05, 4.69) is 19.7 Å². The average molecular weight is 317 g/mol. The number of fused-ring (bicyclic) bond motifs is 1. The fraction of sp³-hybridized carbons (Fsp3) is 0.400. The second kappa shape index (κ2) is 4.50. The molecule has 0 saturated carbocycles. The maximum absolute atomic E-state index is 12.3. The minimum Gasteiger partial charge on any atom is -0.243 e. The fourth-order valence-corrected chi connectivity index (χ4v) is 5.37. The van der Waals surface area contributed by atoms with Gasteiger partial charge in [-0.3, -0.25) is 0 Å². The van der Waals surface area contributed by atoms with E-state index < -0.39 is 25.9 Å². The van der Waals surface area contributed by atoms with Crippen molar-refractivity contribution in [2.24, 2.45) is 0 Å². The molecule has 20 heavy (non-hydrogen) atoms. The van der Waals surface area contributed by atoms with E-state index in [1.54, 1.807) is 6.07 Å². The van der Waals surface area contributed by atoms with Gasteiger partial charge in [0.25, 0.3) is 0 Å². The van der Waals surface area contributed by atoms with Crippen LogP contribution in [0.3, 0.4) is 0 Å². The van der Waals surface area contributed by atoms with Gasteiger partial charge in [0.2, 0.25) is 10.0 Å². The molecule has 10 heteroatoms. The summed E-state index contributed by atoms with van der Waals surface area (Å²) in [5.41, 5.74) is 0.452. The summed E-state index contributed by atoms with van der Waals surface area (Å²) in [6.07, 6.45) is 0.272. The van der Waals surface area contributed by atoms with Crippen LogP contribution in [0, 0.1) is 0 Å². The van der Waals surface area contributed by atoms with Gasteiger partial charge in [0.05, 0.1) is 11.5 Å². The normalized spacial score (nSPS) is 22.3. The Morgan fingerprint density at radius 1 is 1.30 bits per heavy atom. The second-order valence-electron chi connectivity index (χ2n) is 4.61. The van der Waals surface area contributed by atoms with E-state index >= 15 is 0 Å². The minimum atomic E-state index is -3.87. The topological polar surface area (TPSA) is 119 Å². The SMILES string of the molecule is O=S1(=O)CCC(NS(=O)(=O)c2cccc3nonc23)C1. The number of nitrogens with zero attached hydrogens (tertiary/aromatic N) is 2. The zero-order valence-corrected chi connectivity index (χ0v) is 11.8. The van der Waals surface area contributed by atoms with Crippen LogP contribution in [-0.4, -0.2) is 44.7 Å². The van der Waals surface area contributed by atoms with E-state index in [0.717, 1.165) is 0 Å². The summed E-state index contributed by atoms with van der Waals surface area (Å²) in [4.78, 5) is -0.0689. The van der Waals surface area contributed by atoms with Crippen molar-refractivity contribution in [1.29, 1.82) is 0 Å². The molecule has 0 radical (unpaired) electrons. The molecular weight excluding hydrogens is 306 g/mol. The fourth-order valence-electron chi connectivity index (χ4n) is 2.17. The lowest BCUT2D eigenvalue weighted by molar-refractivity contribution is 0.315. The van der Waals surface area contributed by atoms with Gasteiger partial charge in [0, 0.05) is 6.04 Å². The van der Waals surface area contributed by atoms with E-state index in [1.807, 2.05) is 0 Å². The molecule has 0 spiro atoms. The van der Waals surface area contributed by atoms with Gasteiger partial charge in [-0.25, -0.2) is 26.2 Å². The van der Waals surface area contributed by atoms with Gasteiger partial charge in [0.15, 0.2) is 15.4 Å². The van der Waals surface area contributed by atoms with Gasteiger partial charge in [-0.2, -0.15) is 0 Å². The summed E-state index contributed by atoms with van der Waals surface area (Å²) in [6, 6.07) is 3.86. The third-order valence-corrected chi connectivity index (χ3v) is 6.41. The van der Waals surface area contributed by atoms with Crippen molar-refractivity contribution < 1.29 is 21.5 Å². The number of hydrogen-bond donors (Lipinski definition) is 1. The molecular formula is C10H11N3O5S2. The first-order chi connectivity index (χ1) is 9.37. The Hall–Kier alpha value is -1.52. The Morgan fingerprint density at radius 3 is 2.80 bits per heavy atom. The Labute approximate surface area is 115 Å². The van der Waals surface area contributed by atoms with Gasteiger partial charge in [0.1, 0.15) is 10.4 Å². The summed E-state index contributed by atoms with van der Waals surface area (Å²) in [5, 5.41) is 7.14. The molecule has 8 nitrogen and oxygen atoms in total. The van der Waals surface area contributed by atoms with Crippen molar-refractivity contribution in [3.05, 3.63) is 18.2 Å². The molecule has 1 aromatic heterocycles. The molecule has 108 valence electrons. The molecule has 3 rings (SSSR count). The van der Waals surface area contributed by atoms with Crippen molar-refractivity contribution in [3.8, 4) is 0 Å². The van der Waals surface area contributed by atoms with Crippen molar-refractivity contribution in [2.75, 3.05) is 11.5 Å². The van der Waals surface area contributed by atoms with Crippen molar-refractivity contribution in [2.45, 2.75) is 17.4 Å². The van der Waals surface area contributed by atoms with Gasteiger partial charge < -0.3 is 0 Å². The van der Waals surface area contributed by atoms with Crippen molar-refractivity contribution in [1.82, 2.24) is 15.0 Å². The lowest BCUT2D eigenvalue weighted by atomic mass is 10.3. The number of nitrogens with one attached hydrogen (secondary N) is 1. The highest BCUT2D eigenvalue weighted by molar-refractivity contribution is 7.92. The molecule has 0 aliphatic carbocycles. The zero-order chi connectivity index (χ0) is 14.4. The van der Waals surface area contributed by atoms with Crippen LogP contribution in [-0.2, 0) is 19.9 Å². The van der Waals surface area contributed by atoms with Crippen LogP contribution >= 0.6 is 0 Å². The van der Waals surface area contributed by atoms with Gasteiger partial charge in [-0.05, 0) is 28.9 Å². The average Bonchev–Trinajstić information content (AvgIpc) is 2.94. The summed E-state index contributed by atoms with van der Waals surface area (Å²) < 4.78 is 54.2. The predicted octanol–water partition coefficient (Wildman–Crippen LogP) is -0.312. The number of rotatable bonds is 3. The number of sulfonamides is 1. The van der Waals surface area contributed by atoms with Crippen LogP contribution < -0.4 is 4.72 Å². The largest absolute Gasteiger partial charge is 0.243 e. The summed E-state index contributed by atoms with van der Waals surface area (Å²) in [7, 11) is -7.02. The molecule has 1 atom stereocenters. The summed E-state index contributed by atoms with van der Waals surface area (Å²) in [5.74, 6) is -0.185. The van der Waals surface area contributed by atoms with Crippen LogP contribution in [0.2, 0.25) is 0 Å². The minimum absolute atomic E-state index is 0.00406. The Balaban J connectivity index is 1.95. The highest BCUT2D eigenvalue weighted by Crippen LogP contribution is 2.21. The van der Waals surface area contributed by atoms with Crippen LogP contribution in [0.1, 0.15) is 6.42 Å².